The Balaban J connectivity index is 1.88. The lowest BCUT2D eigenvalue weighted by molar-refractivity contribution is 0.0810. The molecule has 2 aliphatic rings. The quantitative estimate of drug-likeness (QED) is 0.921. The molecular weight excluding hydrogens is 248 g/mol. The van der Waals surface area contributed by atoms with Gasteiger partial charge in [-0.3, -0.25) is 4.90 Å². The van der Waals surface area contributed by atoms with Gasteiger partial charge in [0.25, 0.3) is 0 Å². The largest absolute Gasteiger partial charge is 0.497 e. The molecule has 0 bridgehead atoms. The number of rotatable bonds is 3. The number of piperidine rings is 1. The predicted molar refractivity (Wildman–Crippen MR) is 82.1 cm³/mol. The van der Waals surface area contributed by atoms with Crippen LogP contribution in [0.5, 0.6) is 5.75 Å². The molecule has 0 amide bonds. The highest BCUT2D eigenvalue weighted by Gasteiger charge is 2.35. The molecule has 20 heavy (non-hydrogen) atoms. The van der Waals surface area contributed by atoms with Crippen LogP contribution in [0.1, 0.15) is 49.8 Å². The van der Waals surface area contributed by atoms with Crippen LogP contribution in [0, 0.1) is 0 Å². The van der Waals surface area contributed by atoms with Gasteiger partial charge in [-0.1, -0.05) is 12.5 Å². The van der Waals surface area contributed by atoms with Crippen molar-refractivity contribution in [3.63, 3.8) is 0 Å². The summed E-state index contributed by atoms with van der Waals surface area (Å²) in [6.45, 7) is 3.35. The predicted octanol–water partition coefficient (Wildman–Crippen LogP) is 2.88. The third-order valence-corrected chi connectivity index (χ3v) is 5.00. The van der Waals surface area contributed by atoms with E-state index in [1.807, 2.05) is 0 Å². The normalized spacial score (nSPS) is 28.1. The highest BCUT2D eigenvalue weighted by molar-refractivity contribution is 5.41. The van der Waals surface area contributed by atoms with Crippen LogP contribution < -0.4 is 10.5 Å². The second-order valence-corrected chi connectivity index (χ2v) is 6.28. The lowest BCUT2D eigenvalue weighted by Crippen LogP contribution is -2.50. The highest BCUT2D eigenvalue weighted by atomic mass is 16.5. The van der Waals surface area contributed by atoms with E-state index in [1.165, 1.54) is 49.8 Å². The molecule has 110 valence electrons. The van der Waals surface area contributed by atoms with Gasteiger partial charge in [0, 0.05) is 18.1 Å². The number of nitrogens with zero attached hydrogens (tertiary/aromatic N) is 1. The molecule has 1 aliphatic heterocycles. The SMILES string of the molecule is COc1ccc2c(c1)C(N1CCCCC1C(C)N)CC2. The smallest absolute Gasteiger partial charge is 0.119 e. The van der Waals surface area contributed by atoms with Crippen LogP contribution >= 0.6 is 0 Å². The van der Waals surface area contributed by atoms with Gasteiger partial charge in [0.15, 0.2) is 0 Å². The number of nitrogens with two attached hydrogens (primary N) is 1. The van der Waals surface area contributed by atoms with E-state index in [0.29, 0.717) is 12.1 Å². The molecule has 3 unspecified atom stereocenters. The number of likely N-dealkylation sites (tertiary alicyclic amines) is 1. The minimum Gasteiger partial charge on any atom is -0.497 e. The molecule has 3 heteroatoms. The van der Waals surface area contributed by atoms with Gasteiger partial charge >= 0.3 is 0 Å². The maximum absolute atomic E-state index is 6.23. The fourth-order valence-electron chi connectivity index (χ4n) is 3.96. The number of benzene rings is 1. The molecule has 1 fully saturated rings. The standard InChI is InChI=1S/C17H26N2O/c1-12(18)16-5-3-4-10-19(16)17-9-7-13-6-8-14(20-2)11-15(13)17/h6,8,11-12,16-17H,3-5,7,9-10,18H2,1-2H3. The average Bonchev–Trinajstić information content (AvgIpc) is 2.89. The first-order valence-corrected chi connectivity index (χ1v) is 7.89. The van der Waals surface area contributed by atoms with Crippen molar-refractivity contribution in [2.75, 3.05) is 13.7 Å². The Morgan fingerprint density at radius 1 is 1.30 bits per heavy atom. The second kappa shape index (κ2) is 5.74. The molecule has 1 aliphatic carbocycles. The van der Waals surface area contributed by atoms with E-state index in [9.17, 15) is 0 Å². The van der Waals surface area contributed by atoms with Gasteiger partial charge in [0.05, 0.1) is 7.11 Å². The van der Waals surface area contributed by atoms with Crippen LogP contribution in [0.3, 0.4) is 0 Å². The summed E-state index contributed by atoms with van der Waals surface area (Å²) in [4.78, 5) is 2.67. The number of ether oxygens (including phenoxy) is 1. The van der Waals surface area contributed by atoms with Crippen molar-refractivity contribution in [1.29, 1.82) is 0 Å². The molecule has 3 atom stereocenters. The third kappa shape index (κ3) is 2.45. The Kier molecular flexibility index (Phi) is 3.99. The average molecular weight is 274 g/mol. The van der Waals surface area contributed by atoms with Crippen LogP contribution in [-0.4, -0.2) is 30.6 Å². The minimum absolute atomic E-state index is 0.255. The minimum atomic E-state index is 0.255. The van der Waals surface area contributed by atoms with Crippen molar-refractivity contribution in [2.24, 2.45) is 5.73 Å². The van der Waals surface area contributed by atoms with Crippen LogP contribution in [0.15, 0.2) is 18.2 Å². The van der Waals surface area contributed by atoms with E-state index in [2.05, 4.69) is 30.0 Å². The maximum atomic E-state index is 6.23. The van der Waals surface area contributed by atoms with Gasteiger partial charge in [-0.15, -0.1) is 0 Å². The first-order valence-electron chi connectivity index (χ1n) is 7.89. The Hall–Kier alpha value is -1.06. The number of aryl methyl sites for hydroxylation is 1. The van der Waals surface area contributed by atoms with Crippen LogP contribution in [0.4, 0.5) is 0 Å². The van der Waals surface area contributed by atoms with Gasteiger partial charge in [-0.2, -0.15) is 0 Å². The van der Waals surface area contributed by atoms with Gasteiger partial charge in [0.2, 0.25) is 0 Å². The highest BCUT2D eigenvalue weighted by Crippen LogP contribution is 2.40. The molecular formula is C17H26N2O. The molecule has 2 N–H and O–H groups in total. The summed E-state index contributed by atoms with van der Waals surface area (Å²) in [6.07, 6.45) is 6.28. The van der Waals surface area contributed by atoms with Crippen molar-refractivity contribution in [2.45, 2.75) is 57.2 Å². The van der Waals surface area contributed by atoms with Crippen LogP contribution in [0.2, 0.25) is 0 Å². The zero-order valence-corrected chi connectivity index (χ0v) is 12.6. The van der Waals surface area contributed by atoms with E-state index in [4.69, 9.17) is 10.5 Å². The van der Waals surface area contributed by atoms with Crippen molar-refractivity contribution >= 4 is 0 Å². The van der Waals surface area contributed by atoms with E-state index in [-0.39, 0.29) is 6.04 Å². The first-order chi connectivity index (χ1) is 9.70. The van der Waals surface area contributed by atoms with E-state index >= 15 is 0 Å². The summed E-state index contributed by atoms with van der Waals surface area (Å²) in [5.41, 5.74) is 9.19. The summed E-state index contributed by atoms with van der Waals surface area (Å²) in [5.74, 6) is 0.977. The Bertz CT molecular complexity index is 472. The summed E-state index contributed by atoms with van der Waals surface area (Å²) >= 11 is 0. The number of hydrogen-bond acceptors (Lipinski definition) is 3. The molecule has 0 spiro atoms. The van der Waals surface area contributed by atoms with Crippen molar-refractivity contribution in [1.82, 2.24) is 4.90 Å². The lowest BCUT2D eigenvalue weighted by atomic mass is 9.93. The van der Waals surface area contributed by atoms with E-state index in [0.717, 1.165) is 5.75 Å². The topological polar surface area (TPSA) is 38.5 Å². The van der Waals surface area contributed by atoms with Crippen LogP contribution in [0.25, 0.3) is 0 Å². The van der Waals surface area contributed by atoms with E-state index in [1.54, 1.807) is 7.11 Å². The van der Waals surface area contributed by atoms with Crippen molar-refractivity contribution < 1.29 is 4.74 Å². The molecule has 0 saturated carbocycles. The lowest BCUT2D eigenvalue weighted by Gasteiger charge is -2.42. The third-order valence-electron chi connectivity index (χ3n) is 5.00. The Labute approximate surface area is 122 Å². The number of methoxy groups -OCH3 is 1. The zero-order chi connectivity index (χ0) is 14.1. The molecule has 1 heterocycles. The summed E-state index contributed by atoms with van der Waals surface area (Å²) in [6, 6.07) is 7.88. The molecule has 0 aromatic heterocycles. The molecule has 3 nitrogen and oxygen atoms in total. The summed E-state index contributed by atoms with van der Waals surface area (Å²) in [7, 11) is 1.75. The van der Waals surface area contributed by atoms with Gasteiger partial charge in [0.1, 0.15) is 5.75 Å². The first kappa shape index (κ1) is 13.9. The maximum Gasteiger partial charge on any atom is 0.119 e. The fourth-order valence-corrected chi connectivity index (χ4v) is 3.96. The van der Waals surface area contributed by atoms with Crippen LogP contribution in [-0.2, 0) is 6.42 Å². The molecule has 3 rings (SSSR count). The number of fused-ring (bicyclic) bond motifs is 1. The summed E-state index contributed by atoms with van der Waals surface area (Å²) in [5, 5.41) is 0. The molecule has 1 saturated heterocycles. The number of hydrogen-bond donors (Lipinski definition) is 1. The van der Waals surface area contributed by atoms with Gasteiger partial charge in [-0.25, -0.2) is 0 Å². The van der Waals surface area contributed by atoms with Crippen molar-refractivity contribution in [3.05, 3.63) is 29.3 Å². The molecule has 1 aromatic rings. The monoisotopic (exact) mass is 274 g/mol. The Morgan fingerprint density at radius 2 is 2.15 bits per heavy atom. The molecule has 0 radical (unpaired) electrons. The fraction of sp³-hybridized carbons (Fsp3) is 0.647. The Morgan fingerprint density at radius 3 is 2.90 bits per heavy atom. The summed E-state index contributed by atoms with van der Waals surface area (Å²) < 4.78 is 5.41. The zero-order valence-electron chi connectivity index (χ0n) is 12.6. The van der Waals surface area contributed by atoms with Gasteiger partial charge < -0.3 is 10.5 Å². The van der Waals surface area contributed by atoms with E-state index < -0.39 is 0 Å². The molecule has 1 aromatic carbocycles. The van der Waals surface area contributed by atoms with Gasteiger partial charge in [-0.05, 0) is 62.4 Å². The second-order valence-electron chi connectivity index (χ2n) is 6.28. The van der Waals surface area contributed by atoms with Crippen molar-refractivity contribution in [3.8, 4) is 5.75 Å².